The Labute approximate surface area is 112 Å². The Balaban J connectivity index is 2.05. The SMILES string of the molecule is N#CCC[C@H](C#N)CN1C(=O)[C@H]2CC=CC[C@@H]2C1=O. The Kier molecular flexibility index (Phi) is 3.97. The highest BCUT2D eigenvalue weighted by atomic mass is 16.2. The first-order valence-electron chi connectivity index (χ1n) is 6.45. The third-order valence-corrected chi connectivity index (χ3v) is 3.79. The lowest BCUT2D eigenvalue weighted by molar-refractivity contribution is -0.140. The Morgan fingerprint density at radius 1 is 1.21 bits per heavy atom. The molecule has 0 spiro atoms. The number of likely N-dealkylation sites (tertiary alicyclic amines) is 1. The van der Waals surface area contributed by atoms with Gasteiger partial charge in [0.05, 0.1) is 29.9 Å². The zero-order valence-corrected chi connectivity index (χ0v) is 10.6. The monoisotopic (exact) mass is 257 g/mol. The molecule has 5 heteroatoms. The molecule has 1 aliphatic carbocycles. The van der Waals surface area contributed by atoms with Crippen molar-refractivity contribution in [3.05, 3.63) is 12.2 Å². The van der Waals surface area contributed by atoms with Crippen LogP contribution in [0.5, 0.6) is 0 Å². The van der Waals surface area contributed by atoms with Crippen LogP contribution in [0.25, 0.3) is 0 Å². The summed E-state index contributed by atoms with van der Waals surface area (Å²) >= 11 is 0. The molecule has 0 bridgehead atoms. The second-order valence-electron chi connectivity index (χ2n) is 4.97. The summed E-state index contributed by atoms with van der Waals surface area (Å²) in [5.74, 6) is -1.24. The van der Waals surface area contributed by atoms with Crippen molar-refractivity contribution >= 4 is 11.8 Å². The largest absolute Gasteiger partial charge is 0.281 e. The number of fused-ring (bicyclic) bond motifs is 1. The fraction of sp³-hybridized carbons (Fsp3) is 0.571. The highest BCUT2D eigenvalue weighted by Gasteiger charge is 2.47. The number of carbonyl (C=O) groups excluding carboxylic acids is 2. The molecule has 1 heterocycles. The zero-order valence-electron chi connectivity index (χ0n) is 10.6. The number of allylic oxidation sites excluding steroid dienone is 2. The van der Waals surface area contributed by atoms with Crippen molar-refractivity contribution in [1.29, 1.82) is 10.5 Å². The van der Waals surface area contributed by atoms with Gasteiger partial charge in [-0.15, -0.1) is 0 Å². The number of imide groups is 1. The van der Waals surface area contributed by atoms with Gasteiger partial charge in [0, 0.05) is 13.0 Å². The number of carbonyl (C=O) groups is 2. The van der Waals surface area contributed by atoms with E-state index in [1.165, 1.54) is 4.90 Å². The molecule has 0 aromatic rings. The van der Waals surface area contributed by atoms with Crippen molar-refractivity contribution in [1.82, 2.24) is 4.90 Å². The molecule has 0 N–H and O–H groups in total. The summed E-state index contributed by atoms with van der Waals surface area (Å²) < 4.78 is 0. The van der Waals surface area contributed by atoms with Gasteiger partial charge in [-0.25, -0.2) is 0 Å². The van der Waals surface area contributed by atoms with Gasteiger partial charge in [0.25, 0.3) is 0 Å². The second-order valence-corrected chi connectivity index (χ2v) is 4.97. The van der Waals surface area contributed by atoms with Crippen molar-refractivity contribution in [2.45, 2.75) is 25.7 Å². The van der Waals surface area contributed by atoms with Crippen LogP contribution in [0.1, 0.15) is 25.7 Å². The lowest BCUT2D eigenvalue weighted by Gasteiger charge is -2.17. The van der Waals surface area contributed by atoms with E-state index in [1.54, 1.807) is 0 Å². The third-order valence-electron chi connectivity index (χ3n) is 3.79. The molecular formula is C14H15N3O2. The highest BCUT2D eigenvalue weighted by molar-refractivity contribution is 6.05. The van der Waals surface area contributed by atoms with Crippen LogP contribution in [0, 0.1) is 40.4 Å². The van der Waals surface area contributed by atoms with Gasteiger partial charge in [0.1, 0.15) is 0 Å². The third kappa shape index (κ3) is 2.51. The molecule has 0 saturated carbocycles. The van der Waals surface area contributed by atoms with Crippen molar-refractivity contribution in [2.24, 2.45) is 17.8 Å². The van der Waals surface area contributed by atoms with Crippen LogP contribution in [0.2, 0.25) is 0 Å². The fourth-order valence-corrected chi connectivity index (χ4v) is 2.70. The molecule has 2 rings (SSSR count). The summed E-state index contributed by atoms with van der Waals surface area (Å²) in [7, 11) is 0. The second kappa shape index (κ2) is 5.67. The normalized spacial score (nSPS) is 26.7. The predicted octanol–water partition coefficient (Wildman–Crippen LogP) is 1.38. The standard InChI is InChI=1S/C14H15N3O2/c15-7-3-4-10(8-16)9-17-13(18)11-5-1-2-6-12(11)14(17)19/h1-2,10-12H,3-6,9H2/t10-,11+,12+/m1/s1. The predicted molar refractivity (Wildman–Crippen MR) is 66.0 cm³/mol. The van der Waals surface area contributed by atoms with E-state index in [4.69, 9.17) is 10.5 Å². The van der Waals surface area contributed by atoms with E-state index in [-0.39, 0.29) is 36.6 Å². The van der Waals surface area contributed by atoms with E-state index in [0.717, 1.165) is 0 Å². The van der Waals surface area contributed by atoms with Crippen LogP contribution in [-0.2, 0) is 9.59 Å². The topological polar surface area (TPSA) is 85.0 Å². The molecule has 2 aliphatic rings. The molecule has 1 saturated heterocycles. The lowest BCUT2D eigenvalue weighted by Crippen LogP contribution is -2.35. The molecule has 98 valence electrons. The molecule has 0 aromatic carbocycles. The number of rotatable bonds is 4. The molecular weight excluding hydrogens is 242 g/mol. The smallest absolute Gasteiger partial charge is 0.233 e. The van der Waals surface area contributed by atoms with Gasteiger partial charge >= 0.3 is 0 Å². The quantitative estimate of drug-likeness (QED) is 0.562. The van der Waals surface area contributed by atoms with E-state index in [1.807, 2.05) is 18.2 Å². The van der Waals surface area contributed by atoms with Crippen LogP contribution < -0.4 is 0 Å². The number of amides is 2. The molecule has 3 atom stereocenters. The minimum Gasteiger partial charge on any atom is -0.281 e. The molecule has 19 heavy (non-hydrogen) atoms. The van der Waals surface area contributed by atoms with E-state index >= 15 is 0 Å². The molecule has 0 aromatic heterocycles. The van der Waals surface area contributed by atoms with Crippen LogP contribution in [0.15, 0.2) is 12.2 Å². The van der Waals surface area contributed by atoms with Crippen molar-refractivity contribution < 1.29 is 9.59 Å². The maximum absolute atomic E-state index is 12.2. The van der Waals surface area contributed by atoms with Gasteiger partial charge in [-0.3, -0.25) is 14.5 Å². The summed E-state index contributed by atoms with van der Waals surface area (Å²) in [6, 6.07) is 4.05. The van der Waals surface area contributed by atoms with Gasteiger partial charge in [-0.05, 0) is 19.3 Å². The van der Waals surface area contributed by atoms with Gasteiger partial charge in [0.15, 0.2) is 0 Å². The molecule has 1 fully saturated rings. The zero-order chi connectivity index (χ0) is 13.8. The van der Waals surface area contributed by atoms with Crippen LogP contribution >= 0.6 is 0 Å². The minimum atomic E-state index is -0.444. The van der Waals surface area contributed by atoms with E-state index in [2.05, 4.69) is 6.07 Å². The number of hydrogen-bond acceptors (Lipinski definition) is 4. The molecule has 5 nitrogen and oxygen atoms in total. The summed E-state index contributed by atoms with van der Waals surface area (Å²) in [5.41, 5.74) is 0. The summed E-state index contributed by atoms with van der Waals surface area (Å²) in [6.45, 7) is 0.128. The Morgan fingerprint density at radius 2 is 1.79 bits per heavy atom. The van der Waals surface area contributed by atoms with Crippen LogP contribution in [0.3, 0.4) is 0 Å². The molecule has 2 amide bonds. The van der Waals surface area contributed by atoms with E-state index in [9.17, 15) is 9.59 Å². The van der Waals surface area contributed by atoms with E-state index in [0.29, 0.717) is 19.3 Å². The first-order chi connectivity index (χ1) is 9.19. The van der Waals surface area contributed by atoms with Crippen molar-refractivity contribution in [3.8, 4) is 12.1 Å². The summed E-state index contributed by atoms with van der Waals surface area (Å²) in [5, 5.41) is 17.6. The first kappa shape index (κ1) is 13.3. The Morgan fingerprint density at radius 3 is 2.26 bits per heavy atom. The Hall–Kier alpha value is -2.14. The van der Waals surface area contributed by atoms with Gasteiger partial charge in [0.2, 0.25) is 11.8 Å². The lowest BCUT2D eigenvalue weighted by atomic mass is 9.85. The number of nitriles is 2. The number of nitrogens with zero attached hydrogens (tertiary/aromatic N) is 3. The van der Waals surface area contributed by atoms with Crippen molar-refractivity contribution in [2.75, 3.05) is 6.54 Å². The molecule has 1 aliphatic heterocycles. The van der Waals surface area contributed by atoms with Gasteiger partial charge in [-0.1, -0.05) is 12.2 Å². The summed E-state index contributed by atoms with van der Waals surface area (Å²) in [4.78, 5) is 25.6. The maximum Gasteiger partial charge on any atom is 0.233 e. The maximum atomic E-state index is 12.2. The minimum absolute atomic E-state index is 0.128. The van der Waals surface area contributed by atoms with Crippen molar-refractivity contribution in [3.63, 3.8) is 0 Å². The molecule has 0 radical (unpaired) electrons. The first-order valence-corrected chi connectivity index (χ1v) is 6.45. The average molecular weight is 257 g/mol. The van der Waals surface area contributed by atoms with Gasteiger partial charge in [-0.2, -0.15) is 10.5 Å². The highest BCUT2D eigenvalue weighted by Crippen LogP contribution is 2.35. The van der Waals surface area contributed by atoms with Crippen LogP contribution in [-0.4, -0.2) is 23.3 Å². The summed E-state index contributed by atoms with van der Waals surface area (Å²) in [6.07, 6.45) is 5.77. The fourth-order valence-electron chi connectivity index (χ4n) is 2.70. The van der Waals surface area contributed by atoms with Crippen LogP contribution in [0.4, 0.5) is 0 Å². The Bertz CT molecular complexity index is 472. The van der Waals surface area contributed by atoms with Gasteiger partial charge < -0.3 is 0 Å². The number of hydrogen-bond donors (Lipinski definition) is 0. The van der Waals surface area contributed by atoms with E-state index < -0.39 is 5.92 Å². The average Bonchev–Trinajstić information content (AvgIpc) is 2.68. The molecule has 0 unspecified atom stereocenters.